The number of alkyl halides is 1. The van der Waals surface area contributed by atoms with Crippen molar-refractivity contribution in [1.29, 1.82) is 0 Å². The Hall–Kier alpha value is -0.0500. The van der Waals surface area contributed by atoms with Gasteiger partial charge in [-0.05, 0) is 31.5 Å². The Morgan fingerprint density at radius 3 is 2.33 bits per heavy atom. The lowest BCUT2D eigenvalue weighted by Gasteiger charge is -2.25. The molecular formula is C12H17BrClN. The molecule has 0 radical (unpaired) electrons. The van der Waals surface area contributed by atoms with E-state index in [1.165, 1.54) is 5.56 Å². The van der Waals surface area contributed by atoms with Crippen molar-refractivity contribution in [2.75, 3.05) is 11.9 Å². The second-order valence-corrected chi connectivity index (χ2v) is 5.11. The molecule has 1 nitrogen and oxygen atoms in total. The van der Waals surface area contributed by atoms with Gasteiger partial charge in [0, 0.05) is 29.5 Å². The highest BCUT2D eigenvalue weighted by atomic mass is 79.9. The van der Waals surface area contributed by atoms with Crippen molar-refractivity contribution >= 4 is 27.5 Å². The number of hydrogen-bond donors (Lipinski definition) is 0. The zero-order valence-electron chi connectivity index (χ0n) is 9.21. The van der Waals surface area contributed by atoms with Crippen LogP contribution < -0.4 is 0 Å². The van der Waals surface area contributed by atoms with Gasteiger partial charge in [0.2, 0.25) is 0 Å². The van der Waals surface area contributed by atoms with E-state index in [4.69, 9.17) is 11.6 Å². The maximum Gasteiger partial charge on any atom is 0.0406 e. The van der Waals surface area contributed by atoms with Gasteiger partial charge >= 0.3 is 0 Å². The molecule has 0 N–H and O–H groups in total. The first-order valence-electron chi connectivity index (χ1n) is 5.18. The SMILES string of the molecule is CC(C)N(CCBr)Cc1ccc(Cl)cc1. The van der Waals surface area contributed by atoms with Crippen molar-refractivity contribution in [2.24, 2.45) is 0 Å². The Kier molecular flexibility index (Phi) is 5.65. The molecule has 0 aliphatic heterocycles. The van der Waals surface area contributed by atoms with E-state index in [1.807, 2.05) is 12.1 Å². The summed E-state index contributed by atoms with van der Waals surface area (Å²) in [5, 5.41) is 1.81. The summed E-state index contributed by atoms with van der Waals surface area (Å²) < 4.78 is 0. The van der Waals surface area contributed by atoms with Crippen LogP contribution in [0.1, 0.15) is 19.4 Å². The minimum absolute atomic E-state index is 0.568. The average Bonchev–Trinajstić information content (AvgIpc) is 2.20. The monoisotopic (exact) mass is 289 g/mol. The van der Waals surface area contributed by atoms with E-state index < -0.39 is 0 Å². The van der Waals surface area contributed by atoms with E-state index >= 15 is 0 Å². The van der Waals surface area contributed by atoms with Gasteiger partial charge in [0.1, 0.15) is 0 Å². The molecule has 1 rings (SSSR count). The largest absolute Gasteiger partial charge is 0.296 e. The van der Waals surface area contributed by atoms with Crippen LogP contribution in [0.15, 0.2) is 24.3 Å². The lowest BCUT2D eigenvalue weighted by atomic mass is 10.2. The minimum Gasteiger partial charge on any atom is -0.296 e. The molecule has 0 heterocycles. The first-order valence-corrected chi connectivity index (χ1v) is 6.68. The van der Waals surface area contributed by atoms with Crippen molar-refractivity contribution in [2.45, 2.75) is 26.4 Å². The van der Waals surface area contributed by atoms with Gasteiger partial charge in [0.25, 0.3) is 0 Å². The van der Waals surface area contributed by atoms with Crippen LogP contribution in [0.3, 0.4) is 0 Å². The van der Waals surface area contributed by atoms with Gasteiger partial charge in [-0.15, -0.1) is 0 Å². The maximum atomic E-state index is 5.85. The van der Waals surface area contributed by atoms with E-state index in [2.05, 4.69) is 46.8 Å². The van der Waals surface area contributed by atoms with Gasteiger partial charge in [-0.25, -0.2) is 0 Å². The molecule has 0 amide bonds. The van der Waals surface area contributed by atoms with Crippen LogP contribution in [0.5, 0.6) is 0 Å². The predicted octanol–water partition coefficient (Wildman–Crippen LogP) is 3.95. The van der Waals surface area contributed by atoms with Gasteiger partial charge in [0.05, 0.1) is 0 Å². The average molecular weight is 291 g/mol. The highest BCUT2D eigenvalue weighted by molar-refractivity contribution is 9.09. The molecule has 0 atom stereocenters. The third kappa shape index (κ3) is 4.54. The van der Waals surface area contributed by atoms with Crippen LogP contribution in [-0.2, 0) is 6.54 Å². The fourth-order valence-corrected chi connectivity index (χ4v) is 2.03. The van der Waals surface area contributed by atoms with E-state index in [1.54, 1.807) is 0 Å². The van der Waals surface area contributed by atoms with Crippen LogP contribution in [0.2, 0.25) is 5.02 Å². The minimum atomic E-state index is 0.568. The molecule has 0 aliphatic rings. The Bertz CT molecular complexity index is 284. The summed E-state index contributed by atoms with van der Waals surface area (Å²) in [7, 11) is 0. The second kappa shape index (κ2) is 6.51. The lowest BCUT2D eigenvalue weighted by Crippen LogP contribution is -2.31. The lowest BCUT2D eigenvalue weighted by molar-refractivity contribution is 0.227. The molecule has 0 spiro atoms. The Morgan fingerprint density at radius 2 is 1.87 bits per heavy atom. The van der Waals surface area contributed by atoms with Gasteiger partial charge in [-0.2, -0.15) is 0 Å². The molecule has 0 fully saturated rings. The fraction of sp³-hybridized carbons (Fsp3) is 0.500. The molecule has 3 heteroatoms. The van der Waals surface area contributed by atoms with Crippen LogP contribution >= 0.6 is 27.5 Å². The Balaban J connectivity index is 2.61. The first kappa shape index (κ1) is 13.0. The molecule has 0 aromatic heterocycles. The Morgan fingerprint density at radius 1 is 1.27 bits per heavy atom. The number of rotatable bonds is 5. The van der Waals surface area contributed by atoms with Crippen molar-refractivity contribution < 1.29 is 0 Å². The summed E-state index contributed by atoms with van der Waals surface area (Å²) in [4.78, 5) is 2.43. The molecule has 15 heavy (non-hydrogen) atoms. The summed E-state index contributed by atoms with van der Waals surface area (Å²) in [5.41, 5.74) is 1.31. The van der Waals surface area contributed by atoms with Crippen LogP contribution in [0.4, 0.5) is 0 Å². The third-order valence-electron chi connectivity index (χ3n) is 2.40. The predicted molar refractivity (Wildman–Crippen MR) is 70.8 cm³/mol. The van der Waals surface area contributed by atoms with E-state index in [0.29, 0.717) is 6.04 Å². The molecule has 0 saturated heterocycles. The molecule has 1 aromatic carbocycles. The number of hydrogen-bond acceptors (Lipinski definition) is 1. The van der Waals surface area contributed by atoms with Crippen LogP contribution in [0, 0.1) is 0 Å². The molecule has 84 valence electrons. The smallest absolute Gasteiger partial charge is 0.0406 e. The van der Waals surface area contributed by atoms with Crippen molar-refractivity contribution in [3.05, 3.63) is 34.9 Å². The Labute approximate surface area is 106 Å². The number of nitrogens with zero attached hydrogens (tertiary/aromatic N) is 1. The van der Waals surface area contributed by atoms with Crippen molar-refractivity contribution in [1.82, 2.24) is 4.90 Å². The van der Waals surface area contributed by atoms with E-state index in [0.717, 1.165) is 23.4 Å². The van der Waals surface area contributed by atoms with Crippen LogP contribution in [0.25, 0.3) is 0 Å². The first-order chi connectivity index (χ1) is 7.13. The van der Waals surface area contributed by atoms with E-state index in [9.17, 15) is 0 Å². The molecule has 0 bridgehead atoms. The highest BCUT2D eigenvalue weighted by Crippen LogP contribution is 2.13. The quantitative estimate of drug-likeness (QED) is 0.742. The topological polar surface area (TPSA) is 3.24 Å². The van der Waals surface area contributed by atoms with Gasteiger partial charge < -0.3 is 0 Å². The highest BCUT2D eigenvalue weighted by Gasteiger charge is 2.08. The standard InChI is InChI=1S/C12H17BrClN/c1-10(2)15(8-7-13)9-11-3-5-12(14)6-4-11/h3-6,10H,7-9H2,1-2H3. The third-order valence-corrected chi connectivity index (χ3v) is 3.01. The normalized spacial score (nSPS) is 11.3. The fourth-order valence-electron chi connectivity index (χ4n) is 1.45. The molecule has 0 unspecified atom stereocenters. The molecule has 1 aromatic rings. The molecule has 0 aliphatic carbocycles. The van der Waals surface area contributed by atoms with Gasteiger partial charge in [-0.3, -0.25) is 4.90 Å². The summed E-state index contributed by atoms with van der Waals surface area (Å²) in [6, 6.07) is 8.64. The summed E-state index contributed by atoms with van der Waals surface area (Å²) in [6.07, 6.45) is 0. The summed E-state index contributed by atoms with van der Waals surface area (Å²) in [5.74, 6) is 0. The van der Waals surface area contributed by atoms with Gasteiger partial charge in [-0.1, -0.05) is 39.7 Å². The van der Waals surface area contributed by atoms with Crippen LogP contribution in [-0.4, -0.2) is 22.8 Å². The maximum absolute atomic E-state index is 5.85. The number of halogens is 2. The van der Waals surface area contributed by atoms with Crippen molar-refractivity contribution in [3.8, 4) is 0 Å². The molecular weight excluding hydrogens is 273 g/mol. The zero-order valence-corrected chi connectivity index (χ0v) is 11.6. The van der Waals surface area contributed by atoms with E-state index in [-0.39, 0.29) is 0 Å². The molecule has 0 saturated carbocycles. The number of benzene rings is 1. The second-order valence-electron chi connectivity index (χ2n) is 3.88. The zero-order chi connectivity index (χ0) is 11.3. The summed E-state index contributed by atoms with van der Waals surface area (Å²) in [6.45, 7) is 6.50. The van der Waals surface area contributed by atoms with Crippen molar-refractivity contribution in [3.63, 3.8) is 0 Å². The van der Waals surface area contributed by atoms with Gasteiger partial charge in [0.15, 0.2) is 0 Å². The summed E-state index contributed by atoms with van der Waals surface area (Å²) >= 11 is 9.33.